The van der Waals surface area contributed by atoms with E-state index in [1.54, 1.807) is 7.11 Å². The van der Waals surface area contributed by atoms with E-state index in [2.05, 4.69) is 19.1 Å². The van der Waals surface area contributed by atoms with Gasteiger partial charge in [-0.1, -0.05) is 11.6 Å². The summed E-state index contributed by atoms with van der Waals surface area (Å²) >= 11 is 0. The maximum Gasteiger partial charge on any atom is 0.124 e. The lowest BCUT2D eigenvalue weighted by Gasteiger charge is -2.28. The summed E-state index contributed by atoms with van der Waals surface area (Å²) in [7, 11) is 1.70. The zero-order valence-corrected chi connectivity index (χ0v) is 8.04. The molecule has 2 nitrogen and oxygen atoms in total. The van der Waals surface area contributed by atoms with E-state index in [1.807, 2.05) is 6.07 Å². The quantitative estimate of drug-likeness (QED) is 0.692. The number of ether oxygens (including phenoxy) is 2. The molecular formula is C11H14O2. The van der Waals surface area contributed by atoms with Crippen LogP contribution in [0.2, 0.25) is 0 Å². The van der Waals surface area contributed by atoms with Crippen LogP contribution in [-0.2, 0) is 4.74 Å². The van der Waals surface area contributed by atoms with Gasteiger partial charge in [-0.3, -0.25) is 0 Å². The van der Waals surface area contributed by atoms with Crippen LogP contribution in [0.5, 0.6) is 5.75 Å². The zero-order valence-electron chi connectivity index (χ0n) is 8.04. The minimum Gasteiger partial charge on any atom is -0.496 e. The molecule has 1 unspecified atom stereocenters. The minimum atomic E-state index is 0.259. The SMILES string of the molecule is COc1ccc(C)cc1C1CCO1. The Bertz CT molecular complexity index is 303. The van der Waals surface area contributed by atoms with Crippen LogP contribution in [-0.4, -0.2) is 13.7 Å². The number of benzene rings is 1. The Balaban J connectivity index is 2.33. The summed E-state index contributed by atoms with van der Waals surface area (Å²) in [5.41, 5.74) is 2.44. The van der Waals surface area contributed by atoms with Crippen molar-refractivity contribution < 1.29 is 9.47 Å². The molecule has 0 bridgehead atoms. The van der Waals surface area contributed by atoms with E-state index in [4.69, 9.17) is 9.47 Å². The number of methoxy groups -OCH3 is 1. The Labute approximate surface area is 78.5 Å². The van der Waals surface area contributed by atoms with Gasteiger partial charge in [0.1, 0.15) is 5.75 Å². The van der Waals surface area contributed by atoms with E-state index in [9.17, 15) is 0 Å². The fourth-order valence-corrected chi connectivity index (χ4v) is 1.59. The van der Waals surface area contributed by atoms with E-state index in [1.165, 1.54) is 11.1 Å². The highest BCUT2D eigenvalue weighted by Crippen LogP contribution is 2.35. The van der Waals surface area contributed by atoms with Crippen LogP contribution in [0, 0.1) is 6.92 Å². The van der Waals surface area contributed by atoms with Gasteiger partial charge in [0, 0.05) is 12.0 Å². The summed E-state index contributed by atoms with van der Waals surface area (Å²) in [6.45, 7) is 2.96. The largest absolute Gasteiger partial charge is 0.496 e. The van der Waals surface area contributed by atoms with Crippen molar-refractivity contribution in [3.63, 3.8) is 0 Å². The predicted octanol–water partition coefficient (Wildman–Crippen LogP) is 2.47. The van der Waals surface area contributed by atoms with Crippen molar-refractivity contribution in [2.45, 2.75) is 19.4 Å². The van der Waals surface area contributed by atoms with Gasteiger partial charge in [-0.15, -0.1) is 0 Å². The molecule has 70 valence electrons. The van der Waals surface area contributed by atoms with Crippen LogP contribution in [0.3, 0.4) is 0 Å². The number of hydrogen-bond donors (Lipinski definition) is 0. The van der Waals surface area contributed by atoms with E-state index >= 15 is 0 Å². The molecule has 0 spiro atoms. The Kier molecular flexibility index (Phi) is 2.23. The maximum absolute atomic E-state index is 5.43. The van der Waals surface area contributed by atoms with Gasteiger partial charge in [0.15, 0.2) is 0 Å². The van der Waals surface area contributed by atoms with Gasteiger partial charge < -0.3 is 9.47 Å². The number of rotatable bonds is 2. The predicted molar refractivity (Wildman–Crippen MR) is 51.0 cm³/mol. The molecule has 1 aromatic carbocycles. The number of aryl methyl sites for hydroxylation is 1. The molecule has 1 aromatic rings. The lowest BCUT2D eigenvalue weighted by Crippen LogP contribution is -2.18. The molecule has 1 aliphatic heterocycles. The van der Waals surface area contributed by atoms with Crippen molar-refractivity contribution in [1.82, 2.24) is 0 Å². The third kappa shape index (κ3) is 1.54. The molecule has 1 atom stereocenters. The fraction of sp³-hybridized carbons (Fsp3) is 0.455. The Morgan fingerprint density at radius 3 is 2.77 bits per heavy atom. The zero-order chi connectivity index (χ0) is 9.26. The van der Waals surface area contributed by atoms with Gasteiger partial charge in [-0.2, -0.15) is 0 Å². The number of hydrogen-bond acceptors (Lipinski definition) is 2. The highest BCUT2D eigenvalue weighted by molar-refractivity contribution is 5.39. The lowest BCUT2D eigenvalue weighted by atomic mass is 10.0. The average molecular weight is 178 g/mol. The smallest absolute Gasteiger partial charge is 0.124 e. The third-order valence-electron chi connectivity index (χ3n) is 2.43. The first kappa shape index (κ1) is 8.57. The molecule has 2 rings (SSSR count). The second-order valence-corrected chi connectivity index (χ2v) is 3.39. The molecule has 13 heavy (non-hydrogen) atoms. The summed E-state index contributed by atoms with van der Waals surface area (Å²) < 4.78 is 10.7. The monoisotopic (exact) mass is 178 g/mol. The Morgan fingerprint density at radius 2 is 2.23 bits per heavy atom. The molecule has 0 aliphatic carbocycles. The standard InChI is InChI=1S/C11H14O2/c1-8-3-4-10(12-2)9(7-8)11-5-6-13-11/h3-4,7,11H,5-6H2,1-2H3. The molecule has 1 aliphatic rings. The molecule has 0 saturated carbocycles. The van der Waals surface area contributed by atoms with Crippen molar-refractivity contribution in [1.29, 1.82) is 0 Å². The topological polar surface area (TPSA) is 18.5 Å². The molecule has 0 radical (unpaired) electrons. The van der Waals surface area contributed by atoms with Crippen LogP contribution >= 0.6 is 0 Å². The highest BCUT2D eigenvalue weighted by Gasteiger charge is 2.23. The van der Waals surface area contributed by atoms with Gasteiger partial charge in [0.25, 0.3) is 0 Å². The second kappa shape index (κ2) is 3.38. The lowest BCUT2D eigenvalue weighted by molar-refractivity contribution is -0.0538. The molecule has 0 aromatic heterocycles. The van der Waals surface area contributed by atoms with Crippen LogP contribution in [0.15, 0.2) is 18.2 Å². The van der Waals surface area contributed by atoms with E-state index in [0.29, 0.717) is 0 Å². The molecule has 1 fully saturated rings. The third-order valence-corrected chi connectivity index (χ3v) is 2.43. The molecule has 2 heteroatoms. The average Bonchev–Trinajstić information content (AvgIpc) is 2.02. The van der Waals surface area contributed by atoms with Crippen LogP contribution in [0.1, 0.15) is 23.7 Å². The van der Waals surface area contributed by atoms with Crippen molar-refractivity contribution >= 4 is 0 Å². The van der Waals surface area contributed by atoms with Crippen molar-refractivity contribution in [2.75, 3.05) is 13.7 Å². The molecule has 0 amide bonds. The van der Waals surface area contributed by atoms with Crippen molar-refractivity contribution in [3.8, 4) is 5.75 Å². The summed E-state index contributed by atoms with van der Waals surface area (Å²) in [5.74, 6) is 0.940. The van der Waals surface area contributed by atoms with E-state index < -0.39 is 0 Å². The van der Waals surface area contributed by atoms with Gasteiger partial charge in [-0.05, 0) is 19.1 Å². The first-order valence-corrected chi connectivity index (χ1v) is 4.57. The second-order valence-electron chi connectivity index (χ2n) is 3.39. The summed E-state index contributed by atoms with van der Waals surface area (Å²) in [4.78, 5) is 0. The van der Waals surface area contributed by atoms with Gasteiger partial charge in [-0.25, -0.2) is 0 Å². The van der Waals surface area contributed by atoms with Crippen LogP contribution in [0.4, 0.5) is 0 Å². The normalized spacial score (nSPS) is 20.9. The summed E-state index contributed by atoms with van der Waals surface area (Å²) in [6.07, 6.45) is 1.37. The molecule has 0 N–H and O–H groups in total. The first-order chi connectivity index (χ1) is 6.31. The first-order valence-electron chi connectivity index (χ1n) is 4.57. The fourth-order valence-electron chi connectivity index (χ4n) is 1.59. The van der Waals surface area contributed by atoms with Crippen LogP contribution in [0.25, 0.3) is 0 Å². The Hall–Kier alpha value is -1.02. The van der Waals surface area contributed by atoms with Gasteiger partial charge >= 0.3 is 0 Å². The summed E-state index contributed by atoms with van der Waals surface area (Å²) in [6, 6.07) is 6.20. The molecule has 1 heterocycles. The Morgan fingerprint density at radius 1 is 1.46 bits per heavy atom. The highest BCUT2D eigenvalue weighted by atomic mass is 16.5. The summed E-state index contributed by atoms with van der Waals surface area (Å²) in [5, 5.41) is 0. The van der Waals surface area contributed by atoms with E-state index in [-0.39, 0.29) is 6.10 Å². The van der Waals surface area contributed by atoms with Crippen molar-refractivity contribution in [2.24, 2.45) is 0 Å². The van der Waals surface area contributed by atoms with Crippen molar-refractivity contribution in [3.05, 3.63) is 29.3 Å². The van der Waals surface area contributed by atoms with Gasteiger partial charge in [0.2, 0.25) is 0 Å². The van der Waals surface area contributed by atoms with Crippen LogP contribution < -0.4 is 4.74 Å². The molecular weight excluding hydrogens is 164 g/mol. The van der Waals surface area contributed by atoms with Gasteiger partial charge in [0.05, 0.1) is 19.8 Å². The minimum absolute atomic E-state index is 0.259. The van der Waals surface area contributed by atoms with E-state index in [0.717, 1.165) is 18.8 Å². The maximum atomic E-state index is 5.43. The molecule has 1 saturated heterocycles.